The van der Waals surface area contributed by atoms with E-state index < -0.39 is 0 Å². The van der Waals surface area contributed by atoms with Crippen molar-refractivity contribution in [3.05, 3.63) is 83.2 Å². The molecule has 4 heteroatoms. The summed E-state index contributed by atoms with van der Waals surface area (Å²) < 4.78 is 6.89. The van der Waals surface area contributed by atoms with E-state index in [1.54, 1.807) is 24.1 Å². The first-order valence-electron chi connectivity index (χ1n) is 7.44. The first kappa shape index (κ1) is 15.0. The number of aryl methyl sites for hydroxylation is 1. The first-order valence-corrected chi connectivity index (χ1v) is 7.44. The van der Waals surface area contributed by atoms with E-state index in [1.165, 1.54) is 0 Å². The first-order chi connectivity index (χ1) is 11.2. The molecule has 0 spiro atoms. The average Bonchev–Trinajstić information content (AvgIpc) is 3.03. The predicted molar refractivity (Wildman–Crippen MR) is 88.9 cm³/mol. The summed E-state index contributed by atoms with van der Waals surface area (Å²) in [6.45, 7) is 2.49. The van der Waals surface area contributed by atoms with E-state index in [0.717, 1.165) is 16.9 Å². The SMILES string of the molecule is COc1ccc(Cn2nccc2C(=O)c2ccccc2C)cc1. The molecule has 0 saturated heterocycles. The maximum atomic E-state index is 12.8. The van der Waals surface area contributed by atoms with Crippen molar-refractivity contribution < 1.29 is 9.53 Å². The molecule has 0 aliphatic heterocycles. The molecular weight excluding hydrogens is 288 g/mol. The fourth-order valence-corrected chi connectivity index (χ4v) is 2.52. The highest BCUT2D eigenvalue weighted by Gasteiger charge is 2.16. The van der Waals surface area contributed by atoms with E-state index in [4.69, 9.17) is 4.74 Å². The third-order valence-electron chi connectivity index (χ3n) is 3.83. The quantitative estimate of drug-likeness (QED) is 0.678. The van der Waals surface area contributed by atoms with Crippen LogP contribution in [-0.4, -0.2) is 22.7 Å². The minimum atomic E-state index is -0.00545. The van der Waals surface area contributed by atoms with Crippen LogP contribution in [0.2, 0.25) is 0 Å². The zero-order chi connectivity index (χ0) is 16.2. The van der Waals surface area contributed by atoms with Crippen molar-refractivity contribution in [3.8, 4) is 5.75 Å². The van der Waals surface area contributed by atoms with E-state index in [-0.39, 0.29) is 5.78 Å². The molecule has 1 heterocycles. The summed E-state index contributed by atoms with van der Waals surface area (Å²) in [6, 6.07) is 17.1. The van der Waals surface area contributed by atoms with Crippen LogP contribution in [0.4, 0.5) is 0 Å². The molecule has 0 saturated carbocycles. The fourth-order valence-electron chi connectivity index (χ4n) is 2.52. The molecule has 0 fully saturated rings. The van der Waals surface area contributed by atoms with Gasteiger partial charge in [-0.25, -0.2) is 0 Å². The smallest absolute Gasteiger partial charge is 0.211 e. The molecule has 3 rings (SSSR count). The molecule has 4 nitrogen and oxygen atoms in total. The Bertz CT molecular complexity index is 819. The third-order valence-corrected chi connectivity index (χ3v) is 3.83. The van der Waals surface area contributed by atoms with Gasteiger partial charge in [0.05, 0.1) is 13.7 Å². The molecule has 0 bridgehead atoms. The number of ether oxygens (including phenoxy) is 1. The second kappa shape index (κ2) is 6.48. The molecule has 0 aliphatic carbocycles. The summed E-state index contributed by atoms with van der Waals surface area (Å²) in [7, 11) is 1.64. The number of aromatic nitrogens is 2. The van der Waals surface area contributed by atoms with E-state index >= 15 is 0 Å². The molecule has 0 radical (unpaired) electrons. The number of ketones is 1. The van der Waals surface area contributed by atoms with E-state index in [2.05, 4.69) is 5.10 Å². The van der Waals surface area contributed by atoms with E-state index in [1.807, 2.05) is 55.5 Å². The summed E-state index contributed by atoms with van der Waals surface area (Å²) in [4.78, 5) is 12.8. The number of hydrogen-bond donors (Lipinski definition) is 0. The van der Waals surface area contributed by atoms with Crippen molar-refractivity contribution in [2.45, 2.75) is 13.5 Å². The molecule has 23 heavy (non-hydrogen) atoms. The van der Waals surface area contributed by atoms with Crippen LogP contribution >= 0.6 is 0 Å². The zero-order valence-corrected chi connectivity index (χ0v) is 13.2. The van der Waals surface area contributed by atoms with Gasteiger partial charge in [0.2, 0.25) is 5.78 Å². The number of carbonyl (C=O) groups is 1. The Hall–Kier alpha value is -2.88. The molecule has 0 amide bonds. The Balaban J connectivity index is 1.87. The van der Waals surface area contributed by atoms with Gasteiger partial charge in [0.1, 0.15) is 11.4 Å². The third kappa shape index (κ3) is 3.16. The summed E-state index contributed by atoms with van der Waals surface area (Å²) in [6.07, 6.45) is 1.66. The van der Waals surface area contributed by atoms with Crippen molar-refractivity contribution in [2.24, 2.45) is 0 Å². The Morgan fingerprint density at radius 1 is 1.09 bits per heavy atom. The minimum absolute atomic E-state index is 0.00545. The van der Waals surface area contributed by atoms with Gasteiger partial charge >= 0.3 is 0 Å². The van der Waals surface area contributed by atoms with Gasteiger partial charge in [-0.15, -0.1) is 0 Å². The molecule has 3 aromatic rings. The normalized spacial score (nSPS) is 10.5. The van der Waals surface area contributed by atoms with Crippen molar-refractivity contribution in [1.82, 2.24) is 9.78 Å². The number of rotatable bonds is 5. The molecule has 116 valence electrons. The second-order valence-electron chi connectivity index (χ2n) is 5.37. The lowest BCUT2D eigenvalue weighted by Crippen LogP contribution is -2.13. The Morgan fingerprint density at radius 3 is 2.52 bits per heavy atom. The van der Waals surface area contributed by atoms with Gasteiger partial charge in [0.25, 0.3) is 0 Å². The van der Waals surface area contributed by atoms with Crippen LogP contribution in [0.3, 0.4) is 0 Å². The predicted octanol–water partition coefficient (Wildman–Crippen LogP) is 3.48. The van der Waals surface area contributed by atoms with Gasteiger partial charge in [0.15, 0.2) is 0 Å². The monoisotopic (exact) mass is 306 g/mol. The van der Waals surface area contributed by atoms with E-state index in [9.17, 15) is 4.79 Å². The van der Waals surface area contributed by atoms with Crippen LogP contribution in [0.1, 0.15) is 27.2 Å². The maximum absolute atomic E-state index is 12.8. The second-order valence-corrected chi connectivity index (χ2v) is 5.37. The number of hydrogen-bond acceptors (Lipinski definition) is 3. The lowest BCUT2D eigenvalue weighted by Gasteiger charge is -2.09. The van der Waals surface area contributed by atoms with Crippen LogP contribution < -0.4 is 4.74 Å². The fraction of sp³-hybridized carbons (Fsp3) is 0.158. The summed E-state index contributed by atoms with van der Waals surface area (Å²) in [5.74, 6) is 0.805. The Labute approximate surface area is 135 Å². The van der Waals surface area contributed by atoms with Gasteiger partial charge < -0.3 is 4.74 Å². The topological polar surface area (TPSA) is 44.1 Å². The molecule has 2 aromatic carbocycles. The van der Waals surface area contributed by atoms with E-state index in [0.29, 0.717) is 17.8 Å². The lowest BCUT2D eigenvalue weighted by molar-refractivity contribution is 0.102. The van der Waals surface area contributed by atoms with Gasteiger partial charge in [0, 0.05) is 11.8 Å². The number of benzene rings is 2. The van der Waals surface area contributed by atoms with Crippen LogP contribution in [0.15, 0.2) is 60.8 Å². The van der Waals surface area contributed by atoms with Gasteiger partial charge in [-0.2, -0.15) is 5.10 Å². The minimum Gasteiger partial charge on any atom is -0.497 e. The van der Waals surface area contributed by atoms with Gasteiger partial charge in [-0.3, -0.25) is 9.48 Å². The van der Waals surface area contributed by atoms with Crippen LogP contribution in [-0.2, 0) is 6.54 Å². The highest BCUT2D eigenvalue weighted by atomic mass is 16.5. The standard InChI is InChI=1S/C19H18N2O2/c1-14-5-3-4-6-17(14)19(22)18-11-12-20-21(18)13-15-7-9-16(23-2)10-8-15/h3-12H,13H2,1-2H3. The number of nitrogens with zero attached hydrogens (tertiary/aromatic N) is 2. The van der Waals surface area contributed by atoms with Gasteiger partial charge in [-0.05, 0) is 36.2 Å². The number of carbonyl (C=O) groups excluding carboxylic acids is 1. The van der Waals surface area contributed by atoms with Crippen molar-refractivity contribution in [1.29, 1.82) is 0 Å². The number of methoxy groups -OCH3 is 1. The zero-order valence-electron chi connectivity index (χ0n) is 13.2. The van der Waals surface area contributed by atoms with Crippen molar-refractivity contribution in [3.63, 3.8) is 0 Å². The molecule has 0 unspecified atom stereocenters. The Kier molecular flexibility index (Phi) is 4.24. The summed E-state index contributed by atoms with van der Waals surface area (Å²) >= 11 is 0. The molecule has 0 atom stereocenters. The largest absolute Gasteiger partial charge is 0.497 e. The lowest BCUT2D eigenvalue weighted by atomic mass is 10.0. The Morgan fingerprint density at radius 2 is 1.83 bits per heavy atom. The summed E-state index contributed by atoms with van der Waals surface area (Å²) in [5.41, 5.74) is 3.34. The molecule has 1 aromatic heterocycles. The van der Waals surface area contributed by atoms with Crippen LogP contribution in [0, 0.1) is 6.92 Å². The van der Waals surface area contributed by atoms with Gasteiger partial charge in [-0.1, -0.05) is 36.4 Å². The summed E-state index contributed by atoms with van der Waals surface area (Å²) in [5, 5.41) is 4.29. The highest BCUT2D eigenvalue weighted by Crippen LogP contribution is 2.16. The highest BCUT2D eigenvalue weighted by molar-refractivity contribution is 6.08. The van der Waals surface area contributed by atoms with Crippen LogP contribution in [0.5, 0.6) is 5.75 Å². The van der Waals surface area contributed by atoms with Crippen molar-refractivity contribution in [2.75, 3.05) is 7.11 Å². The average molecular weight is 306 g/mol. The maximum Gasteiger partial charge on any atom is 0.211 e. The molecular formula is C19H18N2O2. The molecule has 0 N–H and O–H groups in total. The van der Waals surface area contributed by atoms with Crippen molar-refractivity contribution >= 4 is 5.78 Å². The van der Waals surface area contributed by atoms with Crippen LogP contribution in [0.25, 0.3) is 0 Å². The molecule has 0 aliphatic rings.